The summed E-state index contributed by atoms with van der Waals surface area (Å²) in [5.74, 6) is 0.735. The Morgan fingerprint density at radius 3 is 2.70 bits per heavy atom. The molecule has 20 heavy (non-hydrogen) atoms. The van der Waals surface area contributed by atoms with Crippen molar-refractivity contribution in [2.24, 2.45) is 0 Å². The van der Waals surface area contributed by atoms with Crippen LogP contribution >= 0.6 is 11.3 Å². The van der Waals surface area contributed by atoms with Gasteiger partial charge < -0.3 is 15.4 Å². The van der Waals surface area contributed by atoms with Crippen molar-refractivity contribution in [3.8, 4) is 5.75 Å². The first kappa shape index (κ1) is 14.5. The van der Waals surface area contributed by atoms with Crippen molar-refractivity contribution in [3.05, 3.63) is 40.9 Å². The molecule has 0 saturated carbocycles. The number of methoxy groups -OCH3 is 1. The van der Waals surface area contributed by atoms with Crippen molar-refractivity contribution in [3.63, 3.8) is 0 Å². The van der Waals surface area contributed by atoms with Gasteiger partial charge in [-0.15, -0.1) is 11.3 Å². The fourth-order valence-electron chi connectivity index (χ4n) is 1.64. The van der Waals surface area contributed by atoms with Crippen LogP contribution in [0.25, 0.3) is 0 Å². The van der Waals surface area contributed by atoms with Gasteiger partial charge in [-0.05, 0) is 24.6 Å². The lowest BCUT2D eigenvalue weighted by molar-refractivity contribution is -0.115. The van der Waals surface area contributed by atoms with E-state index in [4.69, 9.17) is 4.74 Å². The summed E-state index contributed by atoms with van der Waals surface area (Å²) in [6.45, 7) is 2.78. The summed E-state index contributed by atoms with van der Waals surface area (Å²) in [6.07, 6.45) is 0. The maximum absolute atomic E-state index is 11.7. The Labute approximate surface area is 122 Å². The van der Waals surface area contributed by atoms with E-state index in [9.17, 15) is 4.79 Å². The number of aromatic nitrogens is 1. The summed E-state index contributed by atoms with van der Waals surface area (Å²) in [4.78, 5) is 15.9. The number of rotatable bonds is 6. The molecular weight excluding hydrogens is 274 g/mol. The summed E-state index contributed by atoms with van der Waals surface area (Å²) < 4.78 is 5.09. The third-order valence-corrected chi connectivity index (χ3v) is 3.51. The van der Waals surface area contributed by atoms with Gasteiger partial charge in [-0.2, -0.15) is 0 Å². The van der Waals surface area contributed by atoms with E-state index in [-0.39, 0.29) is 12.5 Å². The molecule has 2 N–H and O–H groups in total. The first-order valence-corrected chi connectivity index (χ1v) is 7.11. The normalized spacial score (nSPS) is 10.3. The average Bonchev–Trinajstić information content (AvgIpc) is 2.85. The van der Waals surface area contributed by atoms with Gasteiger partial charge in [0.05, 0.1) is 19.3 Å². The monoisotopic (exact) mass is 291 g/mol. The van der Waals surface area contributed by atoms with Crippen molar-refractivity contribution >= 4 is 22.4 Å². The van der Waals surface area contributed by atoms with E-state index in [2.05, 4.69) is 15.6 Å². The quantitative estimate of drug-likeness (QED) is 0.856. The number of anilines is 1. The zero-order valence-electron chi connectivity index (χ0n) is 11.5. The lowest BCUT2D eigenvalue weighted by Gasteiger charge is -2.06. The number of aryl methyl sites for hydroxylation is 1. The molecule has 106 valence electrons. The molecule has 0 radical (unpaired) electrons. The van der Waals surface area contributed by atoms with Crippen LogP contribution in [0.1, 0.15) is 11.3 Å². The van der Waals surface area contributed by atoms with Crippen molar-refractivity contribution < 1.29 is 9.53 Å². The molecule has 2 rings (SSSR count). The number of ether oxygens (including phenoxy) is 1. The number of nitrogens with zero attached hydrogens (tertiary/aromatic N) is 1. The lowest BCUT2D eigenvalue weighted by Crippen LogP contribution is -2.27. The minimum atomic E-state index is -0.0899. The fraction of sp³-hybridized carbons (Fsp3) is 0.286. The van der Waals surface area contributed by atoms with Gasteiger partial charge in [0, 0.05) is 11.9 Å². The van der Waals surface area contributed by atoms with Crippen LogP contribution in [0.5, 0.6) is 5.75 Å². The van der Waals surface area contributed by atoms with Crippen molar-refractivity contribution in [1.29, 1.82) is 0 Å². The van der Waals surface area contributed by atoms with Gasteiger partial charge in [0.25, 0.3) is 0 Å². The molecule has 0 atom stereocenters. The van der Waals surface area contributed by atoms with Crippen LogP contribution in [0, 0.1) is 6.92 Å². The molecule has 5 nitrogen and oxygen atoms in total. The molecule has 6 heteroatoms. The maximum atomic E-state index is 11.7. The van der Waals surface area contributed by atoms with Gasteiger partial charge in [-0.1, -0.05) is 12.1 Å². The molecule has 0 unspecified atom stereocenters. The molecule has 2 aromatic rings. The number of carbonyl (C=O) groups excluding carboxylic acids is 1. The third kappa shape index (κ3) is 4.32. The highest BCUT2D eigenvalue weighted by Crippen LogP contribution is 2.14. The summed E-state index contributed by atoms with van der Waals surface area (Å²) in [6, 6.07) is 7.73. The Kier molecular flexibility index (Phi) is 5.09. The topological polar surface area (TPSA) is 63.2 Å². The van der Waals surface area contributed by atoms with Crippen LogP contribution in [0.3, 0.4) is 0 Å². The Morgan fingerprint density at radius 2 is 2.10 bits per heavy atom. The van der Waals surface area contributed by atoms with Crippen LogP contribution in [0.2, 0.25) is 0 Å². The number of nitrogens with one attached hydrogen (secondary N) is 2. The molecule has 0 saturated heterocycles. The molecule has 0 fully saturated rings. The summed E-state index contributed by atoms with van der Waals surface area (Å²) in [7, 11) is 1.64. The zero-order chi connectivity index (χ0) is 14.4. The predicted octanol–water partition coefficient (Wildman–Crippen LogP) is 2.19. The predicted molar refractivity (Wildman–Crippen MR) is 80.2 cm³/mol. The number of carbonyl (C=O) groups is 1. The lowest BCUT2D eigenvalue weighted by atomic mass is 10.2. The average molecular weight is 291 g/mol. The molecular formula is C14H17N3O2S. The number of benzene rings is 1. The largest absolute Gasteiger partial charge is 0.497 e. The fourth-order valence-corrected chi connectivity index (χ4v) is 2.34. The SMILES string of the molecule is COc1ccc(CNCC(=O)Nc2nc(C)cs2)cc1. The van der Waals surface area contributed by atoms with Crippen LogP contribution in [0.4, 0.5) is 5.13 Å². The third-order valence-electron chi connectivity index (χ3n) is 2.64. The van der Waals surface area contributed by atoms with E-state index in [0.717, 1.165) is 17.0 Å². The first-order valence-electron chi connectivity index (χ1n) is 6.23. The second-order valence-corrected chi connectivity index (χ2v) is 5.15. The second kappa shape index (κ2) is 7.02. The number of amides is 1. The standard InChI is InChI=1S/C14H17N3O2S/c1-10-9-20-14(16-10)17-13(18)8-15-7-11-3-5-12(19-2)6-4-11/h3-6,9,15H,7-8H2,1-2H3,(H,16,17,18). The van der Waals surface area contributed by atoms with Gasteiger partial charge in [0.15, 0.2) is 5.13 Å². The minimum absolute atomic E-state index is 0.0899. The van der Waals surface area contributed by atoms with E-state index in [0.29, 0.717) is 11.7 Å². The van der Waals surface area contributed by atoms with Crippen LogP contribution in [-0.4, -0.2) is 24.5 Å². The Hall–Kier alpha value is -1.92. The summed E-state index contributed by atoms with van der Waals surface area (Å²) >= 11 is 1.43. The highest BCUT2D eigenvalue weighted by molar-refractivity contribution is 7.13. The number of hydrogen-bond donors (Lipinski definition) is 2. The van der Waals surface area contributed by atoms with Crippen LogP contribution < -0.4 is 15.4 Å². The van der Waals surface area contributed by atoms with Gasteiger partial charge in [-0.3, -0.25) is 4.79 Å². The van der Waals surface area contributed by atoms with E-state index >= 15 is 0 Å². The highest BCUT2D eigenvalue weighted by Gasteiger charge is 2.04. The van der Waals surface area contributed by atoms with Gasteiger partial charge in [0.2, 0.25) is 5.91 Å². The van der Waals surface area contributed by atoms with E-state index in [1.54, 1.807) is 7.11 Å². The van der Waals surface area contributed by atoms with Crippen molar-refractivity contribution in [1.82, 2.24) is 10.3 Å². The van der Waals surface area contributed by atoms with Gasteiger partial charge in [-0.25, -0.2) is 4.98 Å². The Morgan fingerprint density at radius 1 is 1.35 bits per heavy atom. The van der Waals surface area contributed by atoms with Gasteiger partial charge in [0.1, 0.15) is 5.75 Å². The highest BCUT2D eigenvalue weighted by atomic mass is 32.1. The zero-order valence-corrected chi connectivity index (χ0v) is 12.3. The van der Waals surface area contributed by atoms with E-state index in [1.165, 1.54) is 11.3 Å². The molecule has 1 amide bonds. The van der Waals surface area contributed by atoms with Crippen LogP contribution in [-0.2, 0) is 11.3 Å². The van der Waals surface area contributed by atoms with Crippen molar-refractivity contribution in [2.45, 2.75) is 13.5 Å². The number of hydrogen-bond acceptors (Lipinski definition) is 5. The molecule has 0 aliphatic carbocycles. The summed E-state index contributed by atoms with van der Waals surface area (Å²) in [5.41, 5.74) is 2.01. The summed E-state index contributed by atoms with van der Waals surface area (Å²) in [5, 5.41) is 8.38. The number of thiazole rings is 1. The molecule has 0 bridgehead atoms. The smallest absolute Gasteiger partial charge is 0.240 e. The second-order valence-electron chi connectivity index (χ2n) is 4.29. The molecule has 1 heterocycles. The molecule has 0 aliphatic rings. The first-order chi connectivity index (χ1) is 9.67. The Bertz CT molecular complexity index is 566. The molecule has 0 aliphatic heterocycles. The minimum Gasteiger partial charge on any atom is -0.497 e. The van der Waals surface area contributed by atoms with E-state index < -0.39 is 0 Å². The van der Waals surface area contributed by atoms with E-state index in [1.807, 2.05) is 36.6 Å². The Balaban J connectivity index is 1.73. The molecule has 1 aromatic heterocycles. The van der Waals surface area contributed by atoms with Crippen molar-refractivity contribution in [2.75, 3.05) is 19.0 Å². The van der Waals surface area contributed by atoms with Crippen LogP contribution in [0.15, 0.2) is 29.6 Å². The maximum Gasteiger partial charge on any atom is 0.240 e. The van der Waals surface area contributed by atoms with Gasteiger partial charge >= 0.3 is 0 Å². The molecule has 0 spiro atoms. The molecule has 1 aromatic carbocycles.